The van der Waals surface area contributed by atoms with Crippen LogP contribution in [0.25, 0.3) is 11.4 Å². The minimum atomic E-state index is -0.0749. The molecule has 0 saturated carbocycles. The zero-order valence-electron chi connectivity index (χ0n) is 14.4. The highest BCUT2D eigenvalue weighted by molar-refractivity contribution is 7.13. The number of nitrogens with zero attached hydrogens (tertiary/aromatic N) is 3. The van der Waals surface area contributed by atoms with E-state index in [4.69, 9.17) is 4.52 Å². The van der Waals surface area contributed by atoms with Crippen LogP contribution in [0.3, 0.4) is 0 Å². The zero-order valence-corrected chi connectivity index (χ0v) is 15.3. The summed E-state index contributed by atoms with van der Waals surface area (Å²) in [5.41, 5.74) is 2.60. The molecule has 0 bridgehead atoms. The van der Waals surface area contributed by atoms with Crippen LogP contribution in [0.5, 0.6) is 0 Å². The standard InChI is InChI=1S/C18H20N4O2S/c1-11(2)21-18(23)15-10-20-16(25-15)8-7-13-12(3)24-22-17(13)14-6-4-5-9-19-14/h4-6,9-11H,7-8H2,1-3H3,(H,21,23). The Morgan fingerprint density at radius 3 is 2.84 bits per heavy atom. The molecule has 130 valence electrons. The number of aryl methyl sites for hydroxylation is 2. The third kappa shape index (κ3) is 4.11. The lowest BCUT2D eigenvalue weighted by Gasteiger charge is -2.05. The van der Waals surface area contributed by atoms with Gasteiger partial charge in [0.25, 0.3) is 5.91 Å². The second kappa shape index (κ2) is 7.57. The van der Waals surface area contributed by atoms with E-state index in [0.29, 0.717) is 4.88 Å². The maximum absolute atomic E-state index is 12.0. The van der Waals surface area contributed by atoms with Crippen molar-refractivity contribution in [3.8, 4) is 11.4 Å². The lowest BCUT2D eigenvalue weighted by molar-refractivity contribution is 0.0947. The molecule has 0 radical (unpaired) electrons. The van der Waals surface area contributed by atoms with Gasteiger partial charge in [0.1, 0.15) is 16.3 Å². The molecule has 0 aliphatic carbocycles. The molecule has 3 aromatic heterocycles. The Morgan fingerprint density at radius 1 is 1.28 bits per heavy atom. The monoisotopic (exact) mass is 356 g/mol. The molecule has 3 heterocycles. The number of nitrogens with one attached hydrogen (secondary N) is 1. The number of rotatable bonds is 6. The van der Waals surface area contributed by atoms with Gasteiger partial charge >= 0.3 is 0 Å². The number of amides is 1. The maximum atomic E-state index is 12.0. The maximum Gasteiger partial charge on any atom is 0.263 e. The first-order chi connectivity index (χ1) is 12.0. The van der Waals surface area contributed by atoms with Crippen LogP contribution in [0.1, 0.15) is 39.9 Å². The SMILES string of the molecule is Cc1onc(-c2ccccn2)c1CCc1ncc(C(=O)NC(C)C)s1. The van der Waals surface area contributed by atoms with Gasteiger partial charge < -0.3 is 9.84 Å². The Bertz CT molecular complexity index is 855. The lowest BCUT2D eigenvalue weighted by atomic mass is 10.1. The molecule has 3 rings (SSSR count). The Labute approximate surface area is 150 Å². The van der Waals surface area contributed by atoms with Crippen molar-refractivity contribution in [3.63, 3.8) is 0 Å². The summed E-state index contributed by atoms with van der Waals surface area (Å²) in [5, 5.41) is 7.94. The molecular weight excluding hydrogens is 336 g/mol. The lowest BCUT2D eigenvalue weighted by Crippen LogP contribution is -2.29. The molecule has 0 atom stereocenters. The summed E-state index contributed by atoms with van der Waals surface area (Å²) >= 11 is 1.42. The van der Waals surface area contributed by atoms with E-state index in [2.05, 4.69) is 20.4 Å². The predicted molar refractivity (Wildman–Crippen MR) is 96.6 cm³/mol. The fraction of sp³-hybridized carbons (Fsp3) is 0.333. The number of carbonyl (C=O) groups is 1. The van der Waals surface area contributed by atoms with Crippen molar-refractivity contribution in [2.75, 3.05) is 0 Å². The van der Waals surface area contributed by atoms with Crippen LogP contribution in [0, 0.1) is 6.92 Å². The van der Waals surface area contributed by atoms with Crippen LogP contribution in [0.2, 0.25) is 0 Å². The van der Waals surface area contributed by atoms with Gasteiger partial charge in [-0.1, -0.05) is 11.2 Å². The first-order valence-electron chi connectivity index (χ1n) is 8.16. The van der Waals surface area contributed by atoms with Crippen molar-refractivity contribution in [3.05, 3.63) is 51.8 Å². The molecule has 7 heteroatoms. The molecule has 0 aliphatic rings. The van der Waals surface area contributed by atoms with Crippen LogP contribution >= 0.6 is 11.3 Å². The summed E-state index contributed by atoms with van der Waals surface area (Å²) in [7, 11) is 0. The van der Waals surface area contributed by atoms with E-state index >= 15 is 0 Å². The molecule has 1 amide bonds. The number of hydrogen-bond donors (Lipinski definition) is 1. The predicted octanol–water partition coefficient (Wildman–Crippen LogP) is 3.42. The Morgan fingerprint density at radius 2 is 2.12 bits per heavy atom. The van der Waals surface area contributed by atoms with Crippen molar-refractivity contribution in [1.29, 1.82) is 0 Å². The van der Waals surface area contributed by atoms with Crippen LogP contribution in [0.4, 0.5) is 0 Å². The van der Waals surface area contributed by atoms with Crippen molar-refractivity contribution in [2.45, 2.75) is 39.7 Å². The second-order valence-electron chi connectivity index (χ2n) is 6.03. The summed E-state index contributed by atoms with van der Waals surface area (Å²) in [4.78, 5) is 21.4. The normalized spacial score (nSPS) is 11.0. The molecule has 0 aromatic carbocycles. The minimum absolute atomic E-state index is 0.0749. The summed E-state index contributed by atoms with van der Waals surface area (Å²) in [6.07, 6.45) is 4.84. The van der Waals surface area contributed by atoms with E-state index in [-0.39, 0.29) is 11.9 Å². The third-order valence-electron chi connectivity index (χ3n) is 3.68. The number of thiazole rings is 1. The van der Waals surface area contributed by atoms with Crippen molar-refractivity contribution < 1.29 is 9.32 Å². The zero-order chi connectivity index (χ0) is 17.8. The summed E-state index contributed by atoms with van der Waals surface area (Å²) in [6.45, 7) is 5.78. The fourth-order valence-corrected chi connectivity index (χ4v) is 3.31. The molecule has 1 N–H and O–H groups in total. The molecule has 0 unspecified atom stereocenters. The molecule has 0 aliphatic heterocycles. The molecular formula is C18H20N4O2S. The molecule has 0 saturated heterocycles. The minimum Gasteiger partial charge on any atom is -0.361 e. The molecule has 0 spiro atoms. The number of aromatic nitrogens is 3. The van der Waals surface area contributed by atoms with E-state index in [9.17, 15) is 4.79 Å². The second-order valence-corrected chi connectivity index (χ2v) is 7.14. The van der Waals surface area contributed by atoms with Crippen molar-refractivity contribution in [2.24, 2.45) is 0 Å². The van der Waals surface area contributed by atoms with Gasteiger partial charge in [0.15, 0.2) is 0 Å². The van der Waals surface area contributed by atoms with Crippen LogP contribution in [0.15, 0.2) is 35.1 Å². The van der Waals surface area contributed by atoms with E-state index in [1.54, 1.807) is 12.4 Å². The summed E-state index contributed by atoms with van der Waals surface area (Å²) in [5.74, 6) is 0.712. The number of hydrogen-bond acceptors (Lipinski definition) is 6. The largest absolute Gasteiger partial charge is 0.361 e. The molecule has 3 aromatic rings. The number of carbonyl (C=O) groups excluding carboxylic acids is 1. The quantitative estimate of drug-likeness (QED) is 0.732. The van der Waals surface area contributed by atoms with E-state index < -0.39 is 0 Å². The van der Waals surface area contributed by atoms with Gasteiger partial charge in [-0.15, -0.1) is 11.3 Å². The van der Waals surface area contributed by atoms with Crippen LogP contribution < -0.4 is 5.32 Å². The molecule has 0 fully saturated rings. The van der Waals surface area contributed by atoms with E-state index in [0.717, 1.165) is 40.6 Å². The van der Waals surface area contributed by atoms with Crippen LogP contribution in [-0.4, -0.2) is 27.1 Å². The summed E-state index contributed by atoms with van der Waals surface area (Å²) < 4.78 is 5.35. The third-order valence-corrected chi connectivity index (χ3v) is 4.73. The molecule has 25 heavy (non-hydrogen) atoms. The highest BCUT2D eigenvalue weighted by atomic mass is 32.1. The van der Waals surface area contributed by atoms with E-state index in [1.807, 2.05) is 39.0 Å². The average molecular weight is 356 g/mol. The first kappa shape index (κ1) is 17.3. The fourth-order valence-electron chi connectivity index (χ4n) is 2.49. The van der Waals surface area contributed by atoms with Crippen LogP contribution in [-0.2, 0) is 12.8 Å². The number of pyridine rings is 1. The Hall–Kier alpha value is -2.54. The van der Waals surface area contributed by atoms with Gasteiger partial charge in [0.05, 0.1) is 16.9 Å². The van der Waals surface area contributed by atoms with Gasteiger partial charge in [-0.3, -0.25) is 9.78 Å². The average Bonchev–Trinajstić information content (AvgIpc) is 3.20. The van der Waals surface area contributed by atoms with Crippen molar-refractivity contribution in [1.82, 2.24) is 20.4 Å². The van der Waals surface area contributed by atoms with Gasteiger partial charge in [0.2, 0.25) is 0 Å². The van der Waals surface area contributed by atoms with Crippen molar-refractivity contribution >= 4 is 17.2 Å². The topological polar surface area (TPSA) is 80.9 Å². The van der Waals surface area contributed by atoms with Gasteiger partial charge in [-0.05, 0) is 39.3 Å². The van der Waals surface area contributed by atoms with Gasteiger partial charge in [0, 0.05) is 24.2 Å². The van der Waals surface area contributed by atoms with Gasteiger partial charge in [-0.25, -0.2) is 4.98 Å². The molecule has 6 nitrogen and oxygen atoms in total. The van der Waals surface area contributed by atoms with E-state index in [1.165, 1.54) is 11.3 Å². The smallest absolute Gasteiger partial charge is 0.263 e. The summed E-state index contributed by atoms with van der Waals surface area (Å²) in [6, 6.07) is 5.82. The Kier molecular flexibility index (Phi) is 5.23. The van der Waals surface area contributed by atoms with Gasteiger partial charge in [-0.2, -0.15) is 0 Å². The highest BCUT2D eigenvalue weighted by Gasteiger charge is 2.17. The highest BCUT2D eigenvalue weighted by Crippen LogP contribution is 2.25. The Balaban J connectivity index is 1.72. The first-order valence-corrected chi connectivity index (χ1v) is 8.98.